The number of nitrogens with one attached hydrogen (secondary N) is 1. The fourth-order valence-electron chi connectivity index (χ4n) is 2.11. The SMILES string of the molecule is CC(C)N(C)Cc1nnnn1CC(=O)NC(c1cccnc1)C(F)(F)F. The fraction of sp³-hybridized carbons (Fsp3) is 0.533. The van der Waals surface area contributed by atoms with Gasteiger partial charge in [-0.05, 0) is 37.4 Å². The molecule has 142 valence electrons. The molecule has 8 nitrogen and oxygen atoms in total. The van der Waals surface area contributed by atoms with E-state index in [1.807, 2.05) is 31.1 Å². The van der Waals surface area contributed by atoms with Crippen molar-refractivity contribution in [3.63, 3.8) is 0 Å². The third-order valence-electron chi connectivity index (χ3n) is 3.82. The molecule has 0 aliphatic heterocycles. The van der Waals surface area contributed by atoms with Crippen LogP contribution in [0.25, 0.3) is 0 Å². The van der Waals surface area contributed by atoms with Crippen molar-refractivity contribution in [3.05, 3.63) is 35.9 Å². The van der Waals surface area contributed by atoms with E-state index in [9.17, 15) is 18.0 Å². The lowest BCUT2D eigenvalue weighted by atomic mass is 10.1. The van der Waals surface area contributed by atoms with Gasteiger partial charge in [0.2, 0.25) is 5.91 Å². The average Bonchev–Trinajstić information content (AvgIpc) is 2.99. The quantitative estimate of drug-likeness (QED) is 0.790. The molecule has 0 aliphatic carbocycles. The van der Waals surface area contributed by atoms with Crippen LogP contribution in [-0.2, 0) is 17.9 Å². The number of alkyl halides is 3. The highest BCUT2D eigenvalue weighted by Gasteiger charge is 2.42. The zero-order chi connectivity index (χ0) is 19.3. The van der Waals surface area contributed by atoms with Gasteiger partial charge in [0, 0.05) is 24.0 Å². The van der Waals surface area contributed by atoms with Crippen LogP contribution in [0.2, 0.25) is 0 Å². The number of amides is 1. The molecule has 2 heterocycles. The molecule has 26 heavy (non-hydrogen) atoms. The Labute approximate surface area is 148 Å². The number of aromatic nitrogens is 5. The van der Waals surface area contributed by atoms with Crippen molar-refractivity contribution in [1.29, 1.82) is 0 Å². The van der Waals surface area contributed by atoms with Crippen LogP contribution in [0.5, 0.6) is 0 Å². The summed E-state index contributed by atoms with van der Waals surface area (Å²) < 4.78 is 41.1. The number of hydrogen-bond acceptors (Lipinski definition) is 6. The summed E-state index contributed by atoms with van der Waals surface area (Å²) in [7, 11) is 1.85. The summed E-state index contributed by atoms with van der Waals surface area (Å²) in [6.07, 6.45) is -2.23. The van der Waals surface area contributed by atoms with Crippen molar-refractivity contribution in [3.8, 4) is 0 Å². The molecule has 1 amide bonds. The van der Waals surface area contributed by atoms with E-state index in [0.717, 1.165) is 6.20 Å². The van der Waals surface area contributed by atoms with Crippen molar-refractivity contribution in [2.24, 2.45) is 0 Å². The van der Waals surface area contributed by atoms with Gasteiger partial charge >= 0.3 is 6.18 Å². The van der Waals surface area contributed by atoms with E-state index in [2.05, 4.69) is 20.5 Å². The standard InChI is InChI=1S/C15H20F3N7O/c1-10(2)24(3)8-12-21-22-23-25(12)9-13(26)20-14(15(16,17)18)11-5-4-6-19-7-11/h4-7,10,14H,8-9H2,1-3H3,(H,20,26). The number of tetrazole rings is 1. The number of nitrogens with zero attached hydrogens (tertiary/aromatic N) is 6. The Morgan fingerprint density at radius 2 is 2.12 bits per heavy atom. The molecule has 0 radical (unpaired) electrons. The van der Waals surface area contributed by atoms with Crippen LogP contribution < -0.4 is 5.32 Å². The number of hydrogen-bond donors (Lipinski definition) is 1. The van der Waals surface area contributed by atoms with Gasteiger partial charge < -0.3 is 5.32 Å². The Kier molecular flexibility index (Phi) is 6.24. The van der Waals surface area contributed by atoms with Gasteiger partial charge in [-0.15, -0.1) is 5.10 Å². The Hall–Kier alpha value is -2.56. The summed E-state index contributed by atoms with van der Waals surface area (Å²) in [4.78, 5) is 17.8. The van der Waals surface area contributed by atoms with E-state index in [1.54, 1.807) is 0 Å². The highest BCUT2D eigenvalue weighted by molar-refractivity contribution is 5.76. The minimum Gasteiger partial charge on any atom is -0.339 e. The molecule has 1 unspecified atom stereocenters. The Morgan fingerprint density at radius 1 is 1.38 bits per heavy atom. The van der Waals surface area contributed by atoms with Gasteiger partial charge in [-0.2, -0.15) is 13.2 Å². The molecule has 0 fully saturated rings. The first-order chi connectivity index (χ1) is 12.2. The third kappa shape index (κ3) is 5.22. The maximum absolute atomic E-state index is 13.3. The number of rotatable bonds is 7. The molecule has 0 saturated heterocycles. The van der Waals surface area contributed by atoms with Gasteiger partial charge in [0.15, 0.2) is 11.9 Å². The van der Waals surface area contributed by atoms with Gasteiger partial charge in [-0.25, -0.2) is 4.68 Å². The largest absolute Gasteiger partial charge is 0.412 e. The van der Waals surface area contributed by atoms with Gasteiger partial charge in [-0.3, -0.25) is 14.7 Å². The summed E-state index contributed by atoms with van der Waals surface area (Å²) in [6, 6.07) is 0.698. The topological polar surface area (TPSA) is 88.8 Å². The number of carbonyl (C=O) groups is 1. The van der Waals surface area contributed by atoms with E-state index in [1.165, 1.54) is 23.0 Å². The lowest BCUT2D eigenvalue weighted by Gasteiger charge is -2.22. The third-order valence-corrected chi connectivity index (χ3v) is 3.82. The maximum Gasteiger partial charge on any atom is 0.412 e. The monoisotopic (exact) mass is 371 g/mol. The smallest absolute Gasteiger partial charge is 0.339 e. The van der Waals surface area contributed by atoms with Crippen molar-refractivity contribution < 1.29 is 18.0 Å². The van der Waals surface area contributed by atoms with Crippen LogP contribution in [0.1, 0.15) is 31.3 Å². The summed E-state index contributed by atoms with van der Waals surface area (Å²) in [6.45, 7) is 3.90. The molecule has 11 heteroatoms. The average molecular weight is 371 g/mol. The predicted molar refractivity (Wildman–Crippen MR) is 85.6 cm³/mol. The summed E-state index contributed by atoms with van der Waals surface area (Å²) in [5.74, 6) is -0.460. The lowest BCUT2D eigenvalue weighted by molar-refractivity contribution is -0.163. The summed E-state index contributed by atoms with van der Waals surface area (Å²) >= 11 is 0. The van der Waals surface area contributed by atoms with Crippen LogP contribution in [0, 0.1) is 0 Å². The van der Waals surface area contributed by atoms with Gasteiger partial charge in [0.1, 0.15) is 6.54 Å². The molecule has 2 aromatic heterocycles. The molecule has 0 bridgehead atoms. The minimum absolute atomic E-state index is 0.148. The predicted octanol–water partition coefficient (Wildman–Crippen LogP) is 1.33. The first-order valence-electron chi connectivity index (χ1n) is 7.89. The van der Waals surface area contributed by atoms with E-state index in [-0.39, 0.29) is 11.6 Å². The fourth-order valence-corrected chi connectivity index (χ4v) is 2.11. The second-order valence-electron chi connectivity index (χ2n) is 6.09. The van der Waals surface area contributed by atoms with Gasteiger partial charge in [-0.1, -0.05) is 6.07 Å². The maximum atomic E-state index is 13.3. The second kappa shape index (κ2) is 8.21. The van der Waals surface area contributed by atoms with Gasteiger partial charge in [0.25, 0.3) is 0 Å². The van der Waals surface area contributed by atoms with E-state index in [4.69, 9.17) is 0 Å². The van der Waals surface area contributed by atoms with Crippen LogP contribution >= 0.6 is 0 Å². The molecule has 0 aliphatic rings. The van der Waals surface area contributed by atoms with Crippen molar-refractivity contribution >= 4 is 5.91 Å². The highest BCUT2D eigenvalue weighted by Crippen LogP contribution is 2.32. The Balaban J connectivity index is 2.09. The second-order valence-corrected chi connectivity index (χ2v) is 6.09. The minimum atomic E-state index is -4.65. The number of halogens is 3. The van der Waals surface area contributed by atoms with Crippen LogP contribution in [-0.4, -0.2) is 55.3 Å². The molecule has 0 saturated carbocycles. The molecule has 2 rings (SSSR count). The summed E-state index contributed by atoms with van der Waals surface area (Å²) in [5, 5.41) is 13.0. The highest BCUT2D eigenvalue weighted by atomic mass is 19.4. The zero-order valence-corrected chi connectivity index (χ0v) is 14.6. The number of carbonyl (C=O) groups excluding carboxylic acids is 1. The normalized spacial score (nSPS) is 13.2. The van der Waals surface area contributed by atoms with Crippen molar-refractivity contribution in [2.45, 2.75) is 45.2 Å². The van der Waals surface area contributed by atoms with Crippen molar-refractivity contribution in [2.75, 3.05) is 7.05 Å². The molecule has 0 spiro atoms. The van der Waals surface area contributed by atoms with E-state index < -0.39 is 24.7 Å². The molecular formula is C15H20F3N7O. The summed E-state index contributed by atoms with van der Waals surface area (Å²) in [5.41, 5.74) is -0.148. The first kappa shape index (κ1) is 19.8. The zero-order valence-electron chi connectivity index (χ0n) is 14.6. The van der Waals surface area contributed by atoms with E-state index in [0.29, 0.717) is 12.4 Å². The van der Waals surface area contributed by atoms with E-state index >= 15 is 0 Å². The Bertz CT molecular complexity index is 718. The van der Waals surface area contributed by atoms with Crippen LogP contribution in [0.15, 0.2) is 24.5 Å². The molecule has 2 aromatic rings. The number of pyridine rings is 1. The molecule has 1 N–H and O–H groups in total. The molecule has 0 aromatic carbocycles. The Morgan fingerprint density at radius 3 is 2.69 bits per heavy atom. The lowest BCUT2D eigenvalue weighted by Crippen LogP contribution is -2.40. The molecular weight excluding hydrogens is 351 g/mol. The first-order valence-corrected chi connectivity index (χ1v) is 7.89. The molecule has 1 atom stereocenters. The van der Waals surface area contributed by atoms with Crippen molar-refractivity contribution in [1.82, 2.24) is 35.4 Å². The van der Waals surface area contributed by atoms with Crippen LogP contribution in [0.3, 0.4) is 0 Å². The van der Waals surface area contributed by atoms with Crippen LogP contribution in [0.4, 0.5) is 13.2 Å². The van der Waals surface area contributed by atoms with Gasteiger partial charge in [0.05, 0.1) is 6.54 Å².